The fourth-order valence-electron chi connectivity index (χ4n) is 2.30. The van der Waals surface area contributed by atoms with Gasteiger partial charge in [0.05, 0.1) is 0 Å². The summed E-state index contributed by atoms with van der Waals surface area (Å²) in [5.74, 6) is 0.747. The Hall–Kier alpha value is -0.340. The van der Waals surface area contributed by atoms with Gasteiger partial charge in [0.25, 0.3) is 0 Å². The van der Waals surface area contributed by atoms with Crippen LogP contribution in [0.1, 0.15) is 32.3 Å². The monoisotopic (exact) mass is 295 g/mol. The molecule has 0 saturated heterocycles. The van der Waals surface area contributed by atoms with Crippen LogP contribution in [-0.2, 0) is 6.42 Å². The highest BCUT2D eigenvalue weighted by molar-refractivity contribution is 9.10. The zero-order valence-electron chi connectivity index (χ0n) is 10.8. The quantitative estimate of drug-likeness (QED) is 0.836. The SMILES string of the molecule is CC(C)CNCC1(Cc2cccc(Br)c2)CC1. The first-order valence-electron chi connectivity index (χ1n) is 6.55. The van der Waals surface area contributed by atoms with E-state index in [1.54, 1.807) is 0 Å². The molecule has 0 bridgehead atoms. The van der Waals surface area contributed by atoms with Gasteiger partial charge in [0, 0.05) is 11.0 Å². The Kier molecular flexibility index (Phi) is 4.26. The summed E-state index contributed by atoms with van der Waals surface area (Å²) < 4.78 is 1.20. The average Bonchev–Trinajstić information content (AvgIpc) is 2.97. The first kappa shape index (κ1) is 13.1. The molecule has 0 heterocycles. The van der Waals surface area contributed by atoms with E-state index in [2.05, 4.69) is 59.4 Å². The Labute approximate surface area is 113 Å². The number of hydrogen-bond acceptors (Lipinski definition) is 1. The molecule has 0 aromatic heterocycles. The van der Waals surface area contributed by atoms with E-state index >= 15 is 0 Å². The Morgan fingerprint density at radius 3 is 2.71 bits per heavy atom. The van der Waals surface area contributed by atoms with E-state index < -0.39 is 0 Å². The van der Waals surface area contributed by atoms with Crippen LogP contribution in [0.5, 0.6) is 0 Å². The molecule has 1 N–H and O–H groups in total. The minimum Gasteiger partial charge on any atom is -0.316 e. The molecule has 17 heavy (non-hydrogen) atoms. The molecule has 1 fully saturated rings. The topological polar surface area (TPSA) is 12.0 Å². The van der Waals surface area contributed by atoms with Crippen LogP contribution in [0.25, 0.3) is 0 Å². The summed E-state index contributed by atoms with van der Waals surface area (Å²) in [7, 11) is 0. The Balaban J connectivity index is 1.85. The van der Waals surface area contributed by atoms with Gasteiger partial charge in [0.1, 0.15) is 0 Å². The van der Waals surface area contributed by atoms with Crippen molar-refractivity contribution in [2.24, 2.45) is 11.3 Å². The van der Waals surface area contributed by atoms with Crippen LogP contribution in [0.2, 0.25) is 0 Å². The van der Waals surface area contributed by atoms with Crippen LogP contribution in [0.4, 0.5) is 0 Å². The molecule has 0 amide bonds. The summed E-state index contributed by atoms with van der Waals surface area (Å²) in [5.41, 5.74) is 2.01. The zero-order chi connectivity index (χ0) is 12.3. The second-order valence-electron chi connectivity index (χ2n) is 5.83. The predicted octanol–water partition coefficient (Wildman–Crippen LogP) is 4.02. The van der Waals surface area contributed by atoms with E-state index in [4.69, 9.17) is 0 Å². The van der Waals surface area contributed by atoms with Gasteiger partial charge in [0.2, 0.25) is 0 Å². The molecular weight excluding hydrogens is 274 g/mol. The lowest BCUT2D eigenvalue weighted by Crippen LogP contribution is -2.28. The summed E-state index contributed by atoms with van der Waals surface area (Å²) in [6.07, 6.45) is 3.98. The van der Waals surface area contributed by atoms with Crippen molar-refractivity contribution in [2.45, 2.75) is 33.1 Å². The van der Waals surface area contributed by atoms with Crippen LogP contribution < -0.4 is 5.32 Å². The van der Waals surface area contributed by atoms with Crippen molar-refractivity contribution >= 4 is 15.9 Å². The molecule has 1 aromatic carbocycles. The molecule has 0 radical (unpaired) electrons. The second kappa shape index (κ2) is 5.53. The molecule has 1 aliphatic rings. The summed E-state index contributed by atoms with van der Waals surface area (Å²) in [6.45, 7) is 6.85. The highest BCUT2D eigenvalue weighted by Gasteiger charge is 2.41. The van der Waals surface area contributed by atoms with Gasteiger partial charge in [-0.25, -0.2) is 0 Å². The van der Waals surface area contributed by atoms with E-state index in [1.807, 2.05) is 0 Å². The summed E-state index contributed by atoms with van der Waals surface area (Å²) in [5, 5.41) is 3.61. The third-order valence-electron chi connectivity index (χ3n) is 3.48. The van der Waals surface area contributed by atoms with Gasteiger partial charge in [-0.1, -0.05) is 41.9 Å². The van der Waals surface area contributed by atoms with Gasteiger partial charge in [0.15, 0.2) is 0 Å². The second-order valence-corrected chi connectivity index (χ2v) is 6.75. The van der Waals surface area contributed by atoms with Gasteiger partial charge >= 0.3 is 0 Å². The molecule has 1 aromatic rings. The molecule has 0 spiro atoms. The van der Waals surface area contributed by atoms with Crippen LogP contribution in [0.15, 0.2) is 28.7 Å². The summed E-state index contributed by atoms with van der Waals surface area (Å²) >= 11 is 3.55. The Bertz CT molecular complexity index is 369. The first-order chi connectivity index (χ1) is 8.10. The minimum atomic E-state index is 0.551. The molecule has 2 rings (SSSR count). The third-order valence-corrected chi connectivity index (χ3v) is 3.97. The van der Waals surface area contributed by atoms with E-state index in [0.717, 1.165) is 12.5 Å². The van der Waals surface area contributed by atoms with Gasteiger partial charge in [-0.05, 0) is 54.8 Å². The number of nitrogens with one attached hydrogen (secondary N) is 1. The third kappa shape index (κ3) is 4.11. The van der Waals surface area contributed by atoms with Crippen LogP contribution in [0, 0.1) is 11.3 Å². The molecule has 1 saturated carbocycles. The maximum Gasteiger partial charge on any atom is 0.0177 e. The highest BCUT2D eigenvalue weighted by Crippen LogP contribution is 2.47. The van der Waals surface area contributed by atoms with Gasteiger partial charge in [-0.15, -0.1) is 0 Å². The lowest BCUT2D eigenvalue weighted by atomic mass is 9.96. The van der Waals surface area contributed by atoms with Crippen molar-refractivity contribution in [1.29, 1.82) is 0 Å². The lowest BCUT2D eigenvalue weighted by Gasteiger charge is -2.17. The van der Waals surface area contributed by atoms with Crippen molar-refractivity contribution in [2.75, 3.05) is 13.1 Å². The van der Waals surface area contributed by atoms with Crippen molar-refractivity contribution in [1.82, 2.24) is 5.32 Å². The fourth-order valence-corrected chi connectivity index (χ4v) is 2.75. The maximum atomic E-state index is 3.61. The summed E-state index contributed by atoms with van der Waals surface area (Å²) in [6, 6.07) is 8.73. The van der Waals surface area contributed by atoms with E-state index in [-0.39, 0.29) is 0 Å². The predicted molar refractivity (Wildman–Crippen MR) is 77.2 cm³/mol. The molecule has 0 atom stereocenters. The molecule has 1 nitrogen and oxygen atoms in total. The van der Waals surface area contributed by atoms with E-state index in [9.17, 15) is 0 Å². The normalized spacial score (nSPS) is 17.4. The van der Waals surface area contributed by atoms with Crippen LogP contribution in [-0.4, -0.2) is 13.1 Å². The number of benzene rings is 1. The first-order valence-corrected chi connectivity index (χ1v) is 7.34. The summed E-state index contributed by atoms with van der Waals surface area (Å²) in [4.78, 5) is 0. The molecule has 94 valence electrons. The molecule has 0 aliphatic heterocycles. The number of hydrogen-bond donors (Lipinski definition) is 1. The van der Waals surface area contributed by atoms with Gasteiger partial charge < -0.3 is 5.32 Å². The smallest absolute Gasteiger partial charge is 0.0177 e. The largest absolute Gasteiger partial charge is 0.316 e. The molecule has 0 unspecified atom stereocenters. The number of halogens is 1. The van der Waals surface area contributed by atoms with Gasteiger partial charge in [-0.3, -0.25) is 0 Å². The molecule has 2 heteroatoms. The maximum absolute atomic E-state index is 3.61. The fraction of sp³-hybridized carbons (Fsp3) is 0.600. The molecule has 1 aliphatic carbocycles. The molecular formula is C15H22BrN. The highest BCUT2D eigenvalue weighted by atomic mass is 79.9. The Morgan fingerprint density at radius 1 is 1.35 bits per heavy atom. The standard InChI is InChI=1S/C15H22BrN/c1-12(2)10-17-11-15(6-7-15)9-13-4-3-5-14(16)8-13/h3-5,8,12,17H,6-7,9-11H2,1-2H3. The van der Waals surface area contributed by atoms with Crippen molar-refractivity contribution < 1.29 is 0 Å². The van der Waals surface area contributed by atoms with E-state index in [0.29, 0.717) is 5.41 Å². The van der Waals surface area contributed by atoms with Gasteiger partial charge in [-0.2, -0.15) is 0 Å². The number of rotatable bonds is 6. The van der Waals surface area contributed by atoms with Crippen molar-refractivity contribution in [3.05, 3.63) is 34.3 Å². The van der Waals surface area contributed by atoms with Crippen molar-refractivity contribution in [3.63, 3.8) is 0 Å². The average molecular weight is 296 g/mol. The lowest BCUT2D eigenvalue weighted by molar-refractivity contribution is 0.432. The Morgan fingerprint density at radius 2 is 2.12 bits per heavy atom. The van der Waals surface area contributed by atoms with Crippen molar-refractivity contribution in [3.8, 4) is 0 Å². The minimum absolute atomic E-state index is 0.551. The zero-order valence-corrected chi connectivity index (χ0v) is 12.4. The van der Waals surface area contributed by atoms with E-state index in [1.165, 1.54) is 35.8 Å². The van der Waals surface area contributed by atoms with Crippen LogP contribution in [0.3, 0.4) is 0 Å². The van der Waals surface area contributed by atoms with Crippen LogP contribution >= 0.6 is 15.9 Å².